The van der Waals surface area contributed by atoms with Gasteiger partial charge < -0.3 is 15.2 Å². The molecule has 15 heavy (non-hydrogen) atoms. The van der Waals surface area contributed by atoms with Crippen LogP contribution in [0.25, 0.3) is 0 Å². The molecule has 0 bridgehead atoms. The average molecular weight is 207 g/mol. The molecule has 0 aliphatic carbocycles. The Morgan fingerprint density at radius 1 is 1.53 bits per heavy atom. The van der Waals surface area contributed by atoms with Crippen molar-refractivity contribution in [1.82, 2.24) is 0 Å². The fourth-order valence-corrected chi connectivity index (χ4v) is 1.98. The third-order valence-corrected chi connectivity index (χ3v) is 2.71. The van der Waals surface area contributed by atoms with Crippen molar-refractivity contribution in [2.24, 2.45) is 5.73 Å². The summed E-state index contributed by atoms with van der Waals surface area (Å²) in [6, 6.07) is 6.08. The Hall–Kier alpha value is -1.06. The first-order valence-electron chi connectivity index (χ1n) is 5.32. The molecule has 3 heteroatoms. The van der Waals surface area contributed by atoms with Gasteiger partial charge in [0.1, 0.15) is 5.75 Å². The van der Waals surface area contributed by atoms with Crippen LogP contribution in [0.2, 0.25) is 0 Å². The summed E-state index contributed by atoms with van der Waals surface area (Å²) in [5, 5.41) is 0. The Balaban J connectivity index is 2.30. The summed E-state index contributed by atoms with van der Waals surface area (Å²) in [4.78, 5) is 0. The number of ether oxygens (including phenoxy) is 2. The minimum atomic E-state index is -0.0944. The van der Waals surface area contributed by atoms with Crippen molar-refractivity contribution in [2.45, 2.75) is 18.9 Å². The SMILES string of the molecule is COCC(N)c1cccc2c1OCCC2. The van der Waals surface area contributed by atoms with Crippen LogP contribution in [0.5, 0.6) is 5.75 Å². The Morgan fingerprint density at radius 2 is 2.40 bits per heavy atom. The zero-order chi connectivity index (χ0) is 10.7. The maximum atomic E-state index is 6.02. The van der Waals surface area contributed by atoms with Gasteiger partial charge in [0.15, 0.2) is 0 Å². The van der Waals surface area contributed by atoms with Gasteiger partial charge >= 0.3 is 0 Å². The highest BCUT2D eigenvalue weighted by Crippen LogP contribution is 2.31. The van der Waals surface area contributed by atoms with Crippen LogP contribution in [-0.2, 0) is 11.2 Å². The van der Waals surface area contributed by atoms with Crippen molar-refractivity contribution in [3.8, 4) is 5.75 Å². The molecule has 0 saturated heterocycles. The molecule has 1 aromatic rings. The first kappa shape index (κ1) is 10.5. The molecule has 0 amide bonds. The molecule has 1 heterocycles. The van der Waals surface area contributed by atoms with E-state index in [-0.39, 0.29) is 6.04 Å². The van der Waals surface area contributed by atoms with Crippen LogP contribution in [0.4, 0.5) is 0 Å². The van der Waals surface area contributed by atoms with E-state index in [1.54, 1.807) is 7.11 Å². The topological polar surface area (TPSA) is 44.5 Å². The maximum absolute atomic E-state index is 6.02. The smallest absolute Gasteiger partial charge is 0.127 e. The number of nitrogens with two attached hydrogens (primary N) is 1. The predicted octanol–water partition coefficient (Wildman–Crippen LogP) is 1.66. The Morgan fingerprint density at radius 3 is 3.20 bits per heavy atom. The minimum absolute atomic E-state index is 0.0944. The average Bonchev–Trinajstić information content (AvgIpc) is 2.28. The first-order chi connectivity index (χ1) is 7.33. The van der Waals surface area contributed by atoms with Gasteiger partial charge in [0.2, 0.25) is 0 Å². The van der Waals surface area contributed by atoms with E-state index in [9.17, 15) is 0 Å². The molecule has 1 atom stereocenters. The van der Waals surface area contributed by atoms with E-state index < -0.39 is 0 Å². The molecule has 3 nitrogen and oxygen atoms in total. The standard InChI is InChI=1S/C12H17NO2/c1-14-8-11(13)10-6-2-4-9-5-3-7-15-12(9)10/h2,4,6,11H,3,5,7-8,13H2,1H3. The van der Waals surface area contributed by atoms with Crippen LogP contribution in [0.15, 0.2) is 18.2 Å². The molecule has 0 spiro atoms. The Bertz CT molecular complexity index is 338. The largest absolute Gasteiger partial charge is 0.493 e. The van der Waals surface area contributed by atoms with E-state index in [2.05, 4.69) is 6.07 Å². The lowest BCUT2D eigenvalue weighted by Crippen LogP contribution is -2.19. The van der Waals surface area contributed by atoms with Gasteiger partial charge in [-0.25, -0.2) is 0 Å². The normalized spacial score (nSPS) is 16.7. The number of hydrogen-bond donors (Lipinski definition) is 1. The molecule has 1 aromatic carbocycles. The second-order valence-electron chi connectivity index (χ2n) is 3.85. The molecule has 2 rings (SSSR count). The van der Waals surface area contributed by atoms with Crippen molar-refractivity contribution >= 4 is 0 Å². The molecule has 2 N–H and O–H groups in total. The summed E-state index contributed by atoms with van der Waals surface area (Å²) in [6.07, 6.45) is 2.18. The van der Waals surface area contributed by atoms with Gasteiger partial charge in [-0.3, -0.25) is 0 Å². The number of benzene rings is 1. The van der Waals surface area contributed by atoms with E-state index in [1.807, 2.05) is 12.1 Å². The number of hydrogen-bond acceptors (Lipinski definition) is 3. The summed E-state index contributed by atoms with van der Waals surface area (Å²) in [5.41, 5.74) is 8.36. The van der Waals surface area contributed by atoms with Gasteiger partial charge in [0, 0.05) is 12.7 Å². The lowest BCUT2D eigenvalue weighted by molar-refractivity contribution is 0.178. The fourth-order valence-electron chi connectivity index (χ4n) is 1.98. The Labute approximate surface area is 90.2 Å². The molecular formula is C12H17NO2. The zero-order valence-corrected chi connectivity index (χ0v) is 9.03. The number of methoxy groups -OCH3 is 1. The summed E-state index contributed by atoms with van der Waals surface area (Å²) in [7, 11) is 1.66. The molecule has 0 aromatic heterocycles. The van der Waals surface area contributed by atoms with Gasteiger partial charge in [-0.15, -0.1) is 0 Å². The second-order valence-corrected chi connectivity index (χ2v) is 3.85. The number of para-hydroxylation sites is 1. The number of fused-ring (bicyclic) bond motifs is 1. The van der Waals surface area contributed by atoms with Crippen molar-refractivity contribution < 1.29 is 9.47 Å². The third-order valence-electron chi connectivity index (χ3n) is 2.71. The lowest BCUT2D eigenvalue weighted by atomic mass is 9.99. The van der Waals surface area contributed by atoms with E-state index in [0.29, 0.717) is 6.61 Å². The summed E-state index contributed by atoms with van der Waals surface area (Å²) in [5.74, 6) is 0.980. The molecule has 1 aliphatic heterocycles. The van der Waals surface area contributed by atoms with Gasteiger partial charge in [-0.1, -0.05) is 18.2 Å². The number of aryl methyl sites for hydroxylation is 1. The highest BCUT2D eigenvalue weighted by Gasteiger charge is 2.18. The van der Waals surface area contributed by atoms with Crippen LogP contribution < -0.4 is 10.5 Å². The van der Waals surface area contributed by atoms with Crippen LogP contribution in [0.1, 0.15) is 23.6 Å². The summed E-state index contributed by atoms with van der Waals surface area (Å²) < 4.78 is 10.8. The van der Waals surface area contributed by atoms with Crippen molar-refractivity contribution in [3.05, 3.63) is 29.3 Å². The quantitative estimate of drug-likeness (QED) is 0.819. The highest BCUT2D eigenvalue weighted by molar-refractivity contribution is 5.44. The van der Waals surface area contributed by atoms with E-state index in [1.165, 1.54) is 5.56 Å². The van der Waals surface area contributed by atoms with E-state index >= 15 is 0 Å². The summed E-state index contributed by atoms with van der Waals surface area (Å²) >= 11 is 0. The number of rotatable bonds is 3. The van der Waals surface area contributed by atoms with Gasteiger partial charge in [0.25, 0.3) is 0 Å². The monoisotopic (exact) mass is 207 g/mol. The predicted molar refractivity (Wildman–Crippen MR) is 59.1 cm³/mol. The molecule has 0 radical (unpaired) electrons. The van der Waals surface area contributed by atoms with Crippen LogP contribution in [0.3, 0.4) is 0 Å². The summed E-state index contributed by atoms with van der Waals surface area (Å²) in [6.45, 7) is 1.32. The third kappa shape index (κ3) is 2.13. The van der Waals surface area contributed by atoms with Crippen molar-refractivity contribution in [3.63, 3.8) is 0 Å². The minimum Gasteiger partial charge on any atom is -0.493 e. The van der Waals surface area contributed by atoms with Gasteiger partial charge in [0.05, 0.1) is 19.3 Å². The van der Waals surface area contributed by atoms with Crippen LogP contribution >= 0.6 is 0 Å². The van der Waals surface area contributed by atoms with E-state index in [0.717, 1.165) is 30.8 Å². The Kier molecular flexibility index (Phi) is 3.23. The first-order valence-corrected chi connectivity index (χ1v) is 5.32. The molecule has 1 aliphatic rings. The maximum Gasteiger partial charge on any atom is 0.127 e. The molecule has 0 fully saturated rings. The van der Waals surface area contributed by atoms with Crippen LogP contribution in [-0.4, -0.2) is 20.3 Å². The molecular weight excluding hydrogens is 190 g/mol. The van der Waals surface area contributed by atoms with Gasteiger partial charge in [-0.2, -0.15) is 0 Å². The molecule has 0 saturated carbocycles. The lowest BCUT2D eigenvalue weighted by Gasteiger charge is -2.22. The zero-order valence-electron chi connectivity index (χ0n) is 9.03. The van der Waals surface area contributed by atoms with E-state index in [4.69, 9.17) is 15.2 Å². The second kappa shape index (κ2) is 4.64. The van der Waals surface area contributed by atoms with Crippen LogP contribution in [0, 0.1) is 0 Å². The molecule has 82 valence electrons. The highest BCUT2D eigenvalue weighted by atomic mass is 16.5. The molecule has 1 unspecified atom stereocenters. The van der Waals surface area contributed by atoms with Crippen molar-refractivity contribution in [1.29, 1.82) is 0 Å². The fraction of sp³-hybridized carbons (Fsp3) is 0.500. The van der Waals surface area contributed by atoms with Gasteiger partial charge in [-0.05, 0) is 18.4 Å². The van der Waals surface area contributed by atoms with Crippen molar-refractivity contribution in [2.75, 3.05) is 20.3 Å².